The van der Waals surface area contributed by atoms with Crippen LogP contribution in [-0.2, 0) is 18.7 Å². The highest BCUT2D eigenvalue weighted by Crippen LogP contribution is 2.46. The molecule has 1 amide bonds. The summed E-state index contributed by atoms with van der Waals surface area (Å²) in [5.74, 6) is -0.467. The first kappa shape index (κ1) is 14.9. The van der Waals surface area contributed by atoms with Crippen molar-refractivity contribution < 1.29 is 18.7 Å². The molecule has 1 rings (SSSR count). The highest BCUT2D eigenvalue weighted by molar-refractivity contribution is 7.67. The van der Waals surface area contributed by atoms with E-state index in [1.807, 2.05) is 6.07 Å². The van der Waals surface area contributed by atoms with Gasteiger partial charge >= 0.3 is 0 Å². The molecule has 1 N–H and O–H groups in total. The first-order valence-corrected chi connectivity index (χ1v) is 7.44. The second-order valence-electron chi connectivity index (χ2n) is 4.05. The van der Waals surface area contributed by atoms with Gasteiger partial charge in [-0.2, -0.15) is 0 Å². The number of nitrogens with one attached hydrogen (secondary N) is 1. The Kier molecular flexibility index (Phi) is 5.54. The minimum atomic E-state index is -3.21. The van der Waals surface area contributed by atoms with Crippen LogP contribution in [0.3, 0.4) is 0 Å². The molecule has 1 atom stereocenters. The maximum atomic E-state index is 12.8. The largest absolute Gasteiger partial charge is 0.322 e. The number of rotatable bonds is 6. The van der Waals surface area contributed by atoms with Gasteiger partial charge in [0.2, 0.25) is 7.37 Å². The number of benzene rings is 1. The Balaban J connectivity index is 2.96. The summed E-state index contributed by atoms with van der Waals surface area (Å²) in [5.41, 5.74) is 2.15. The lowest BCUT2D eigenvalue weighted by atomic mass is 10.4. The summed E-state index contributed by atoms with van der Waals surface area (Å²) in [6.45, 7) is 3.56. The zero-order valence-electron chi connectivity index (χ0n) is 10.8. The Morgan fingerprint density at radius 2 is 1.94 bits per heavy atom. The highest BCUT2D eigenvalue weighted by Gasteiger charge is 2.30. The second-order valence-corrected chi connectivity index (χ2v) is 6.44. The summed E-state index contributed by atoms with van der Waals surface area (Å²) in [4.78, 5) is 16.0. The molecule has 0 aromatic heterocycles. The maximum absolute atomic E-state index is 12.8. The number of carbonyl (C=O) groups excluding carboxylic acids is 1. The van der Waals surface area contributed by atoms with Gasteiger partial charge in [-0.15, -0.1) is 0 Å². The number of hydrogen-bond acceptors (Lipinski definition) is 4. The molecule has 1 aromatic carbocycles. The van der Waals surface area contributed by atoms with Crippen LogP contribution < -0.4 is 10.8 Å². The molecule has 1 aromatic rings. The zero-order chi connectivity index (χ0) is 13.6. The summed E-state index contributed by atoms with van der Waals surface area (Å²) in [6.07, 6.45) is -0.463. The SMILES string of the molecule is CONC(=O)CP(=O)(OC(C)C)c1ccccc1. The molecule has 0 bridgehead atoms. The van der Waals surface area contributed by atoms with Gasteiger partial charge < -0.3 is 4.52 Å². The lowest BCUT2D eigenvalue weighted by molar-refractivity contribution is -0.128. The van der Waals surface area contributed by atoms with Crippen molar-refractivity contribution >= 4 is 18.6 Å². The molecule has 0 aliphatic carbocycles. The van der Waals surface area contributed by atoms with E-state index in [9.17, 15) is 9.36 Å². The molecule has 0 saturated heterocycles. The van der Waals surface area contributed by atoms with Crippen LogP contribution in [0.4, 0.5) is 0 Å². The fourth-order valence-electron chi connectivity index (χ4n) is 1.52. The van der Waals surface area contributed by atoms with E-state index in [-0.39, 0.29) is 12.3 Å². The summed E-state index contributed by atoms with van der Waals surface area (Å²) in [7, 11) is -1.88. The van der Waals surface area contributed by atoms with Crippen molar-refractivity contribution in [3.05, 3.63) is 30.3 Å². The van der Waals surface area contributed by atoms with Gasteiger partial charge in [0.15, 0.2) is 0 Å². The highest BCUT2D eigenvalue weighted by atomic mass is 31.2. The summed E-state index contributed by atoms with van der Waals surface area (Å²) in [5, 5.41) is 0.532. The van der Waals surface area contributed by atoms with E-state index in [2.05, 4.69) is 10.3 Å². The summed E-state index contributed by atoms with van der Waals surface area (Å²) in [6, 6.07) is 8.74. The molecule has 5 nitrogen and oxygen atoms in total. The molecule has 0 heterocycles. The van der Waals surface area contributed by atoms with E-state index in [4.69, 9.17) is 4.52 Å². The summed E-state index contributed by atoms with van der Waals surface area (Å²) >= 11 is 0. The Bertz CT molecular complexity index is 433. The first-order valence-electron chi connectivity index (χ1n) is 5.63. The Morgan fingerprint density at radius 1 is 1.33 bits per heavy atom. The molecule has 0 fully saturated rings. The number of carbonyl (C=O) groups is 1. The third-order valence-corrected chi connectivity index (χ3v) is 4.65. The zero-order valence-corrected chi connectivity index (χ0v) is 11.6. The minimum Gasteiger partial charge on any atom is -0.322 e. The van der Waals surface area contributed by atoms with Gasteiger partial charge in [-0.05, 0) is 26.0 Å². The standard InChI is InChI=1S/C12H18NO4P/c1-10(2)17-18(15,9-12(14)13-16-3)11-7-5-4-6-8-11/h4-8,10H,9H2,1-3H3,(H,13,14). The van der Waals surface area contributed by atoms with E-state index in [0.29, 0.717) is 5.30 Å². The van der Waals surface area contributed by atoms with Crippen molar-refractivity contribution in [2.24, 2.45) is 0 Å². The smallest absolute Gasteiger partial charge is 0.253 e. The fourth-order valence-corrected chi connectivity index (χ4v) is 3.65. The fraction of sp³-hybridized carbons (Fsp3) is 0.417. The van der Waals surface area contributed by atoms with E-state index >= 15 is 0 Å². The van der Waals surface area contributed by atoms with Crippen molar-refractivity contribution in [3.63, 3.8) is 0 Å². The average Bonchev–Trinajstić information content (AvgIpc) is 2.29. The predicted octanol–water partition coefficient (Wildman–Crippen LogP) is 1.69. The number of hydrogen-bond donors (Lipinski definition) is 1. The quantitative estimate of drug-likeness (QED) is 0.631. The third-order valence-electron chi connectivity index (χ3n) is 2.10. The molecular weight excluding hydrogens is 253 g/mol. The van der Waals surface area contributed by atoms with Crippen LogP contribution >= 0.6 is 7.37 Å². The van der Waals surface area contributed by atoms with Crippen molar-refractivity contribution in [1.82, 2.24) is 5.48 Å². The van der Waals surface area contributed by atoms with Gasteiger partial charge in [-0.1, -0.05) is 18.2 Å². The maximum Gasteiger partial charge on any atom is 0.253 e. The minimum absolute atomic E-state index is 0.230. The molecule has 0 radical (unpaired) electrons. The molecule has 18 heavy (non-hydrogen) atoms. The molecular formula is C12H18NO4P. The van der Waals surface area contributed by atoms with Crippen molar-refractivity contribution in [1.29, 1.82) is 0 Å². The number of amides is 1. The normalized spacial score (nSPS) is 14.2. The van der Waals surface area contributed by atoms with E-state index in [1.54, 1.807) is 38.1 Å². The Hall–Kier alpha value is -1.16. The van der Waals surface area contributed by atoms with E-state index in [0.717, 1.165) is 0 Å². The average molecular weight is 271 g/mol. The van der Waals surface area contributed by atoms with Gasteiger partial charge in [0, 0.05) is 5.30 Å². The van der Waals surface area contributed by atoms with Crippen LogP contribution in [0.2, 0.25) is 0 Å². The molecule has 0 aliphatic rings. The Morgan fingerprint density at radius 3 is 2.44 bits per heavy atom. The third kappa shape index (κ3) is 4.26. The van der Waals surface area contributed by atoms with Crippen LogP contribution in [0.5, 0.6) is 0 Å². The molecule has 1 unspecified atom stereocenters. The van der Waals surface area contributed by atoms with Crippen LogP contribution in [-0.4, -0.2) is 25.3 Å². The predicted molar refractivity (Wildman–Crippen MR) is 69.9 cm³/mol. The molecule has 0 saturated carbocycles. The molecule has 100 valence electrons. The number of hydroxylamine groups is 1. The van der Waals surface area contributed by atoms with Crippen molar-refractivity contribution in [2.75, 3.05) is 13.3 Å². The van der Waals surface area contributed by atoms with Crippen LogP contribution in [0.15, 0.2) is 30.3 Å². The second kappa shape index (κ2) is 6.69. The molecule has 6 heteroatoms. The van der Waals surface area contributed by atoms with Gasteiger partial charge in [0.1, 0.15) is 6.16 Å². The van der Waals surface area contributed by atoms with E-state index in [1.165, 1.54) is 7.11 Å². The van der Waals surface area contributed by atoms with Crippen molar-refractivity contribution in [2.45, 2.75) is 20.0 Å². The first-order chi connectivity index (χ1) is 8.48. The topological polar surface area (TPSA) is 64.6 Å². The Labute approximate surface area is 107 Å². The lowest BCUT2D eigenvalue weighted by Gasteiger charge is -2.20. The van der Waals surface area contributed by atoms with Crippen LogP contribution in [0.25, 0.3) is 0 Å². The van der Waals surface area contributed by atoms with Gasteiger partial charge in [0.05, 0.1) is 13.2 Å². The molecule has 0 spiro atoms. The van der Waals surface area contributed by atoms with Gasteiger partial charge in [-0.3, -0.25) is 14.2 Å². The lowest BCUT2D eigenvalue weighted by Crippen LogP contribution is -2.28. The van der Waals surface area contributed by atoms with E-state index < -0.39 is 13.3 Å². The van der Waals surface area contributed by atoms with Gasteiger partial charge in [0.25, 0.3) is 5.91 Å². The van der Waals surface area contributed by atoms with Crippen molar-refractivity contribution in [3.8, 4) is 0 Å². The molecule has 0 aliphatic heterocycles. The monoisotopic (exact) mass is 271 g/mol. The summed E-state index contributed by atoms with van der Waals surface area (Å²) < 4.78 is 18.3. The van der Waals surface area contributed by atoms with Gasteiger partial charge in [-0.25, -0.2) is 5.48 Å². The van der Waals surface area contributed by atoms with Crippen LogP contribution in [0.1, 0.15) is 13.8 Å². The van der Waals surface area contributed by atoms with Crippen LogP contribution in [0, 0.1) is 0 Å².